The number of nitrogens with one attached hydrogen (secondary N) is 1. The van der Waals surface area contributed by atoms with Crippen molar-refractivity contribution in [2.24, 2.45) is 13.0 Å². The van der Waals surface area contributed by atoms with E-state index in [2.05, 4.69) is 10.4 Å². The predicted molar refractivity (Wildman–Crippen MR) is 88.3 cm³/mol. The molecule has 1 atom stereocenters. The van der Waals surface area contributed by atoms with Gasteiger partial charge in [-0.25, -0.2) is 0 Å². The van der Waals surface area contributed by atoms with Crippen LogP contribution >= 0.6 is 0 Å². The summed E-state index contributed by atoms with van der Waals surface area (Å²) >= 11 is 0. The summed E-state index contributed by atoms with van der Waals surface area (Å²) in [7, 11) is 1.76. The number of nitrogens with zero attached hydrogens (tertiary/aromatic N) is 3. The topological polar surface area (TPSA) is 67.2 Å². The zero-order valence-electron chi connectivity index (χ0n) is 13.5. The first-order chi connectivity index (χ1) is 11.0. The van der Waals surface area contributed by atoms with Gasteiger partial charge in [-0.05, 0) is 24.5 Å². The number of hydrogen-bond donors (Lipinski definition) is 1. The molecule has 1 aromatic heterocycles. The molecule has 0 saturated carbocycles. The van der Waals surface area contributed by atoms with E-state index in [0.717, 1.165) is 5.69 Å². The molecule has 0 radical (unpaired) electrons. The number of carbonyl (C=O) groups is 2. The molecule has 23 heavy (non-hydrogen) atoms. The Bertz CT molecular complexity index is 751. The number of para-hydroxylation sites is 2. The first-order valence-electron chi connectivity index (χ1n) is 7.69. The number of aromatic nitrogens is 2. The van der Waals surface area contributed by atoms with E-state index in [4.69, 9.17) is 0 Å². The van der Waals surface area contributed by atoms with Crippen molar-refractivity contribution in [1.29, 1.82) is 0 Å². The second-order valence-electron chi connectivity index (χ2n) is 6.23. The highest BCUT2D eigenvalue weighted by Crippen LogP contribution is 2.34. The van der Waals surface area contributed by atoms with E-state index < -0.39 is 6.04 Å². The Hall–Kier alpha value is -2.63. The van der Waals surface area contributed by atoms with Crippen molar-refractivity contribution in [2.75, 3.05) is 10.2 Å². The minimum atomic E-state index is -0.516. The Balaban J connectivity index is 2.07. The fourth-order valence-electron chi connectivity index (χ4n) is 2.87. The summed E-state index contributed by atoms with van der Waals surface area (Å²) in [4.78, 5) is 27.1. The highest BCUT2D eigenvalue weighted by molar-refractivity contribution is 6.16. The number of fused-ring (bicyclic) bond motifs is 1. The molecule has 6 heteroatoms. The molecule has 6 nitrogen and oxygen atoms in total. The molecule has 120 valence electrons. The Kier molecular flexibility index (Phi) is 3.90. The van der Waals surface area contributed by atoms with Crippen LogP contribution in [0.2, 0.25) is 0 Å². The minimum absolute atomic E-state index is 0.144. The van der Waals surface area contributed by atoms with E-state index in [9.17, 15) is 9.59 Å². The van der Waals surface area contributed by atoms with Crippen LogP contribution in [0.5, 0.6) is 0 Å². The third kappa shape index (κ3) is 2.84. The van der Waals surface area contributed by atoms with Gasteiger partial charge in [-0.3, -0.25) is 19.2 Å². The molecule has 2 amide bonds. The molecule has 1 aliphatic heterocycles. The lowest BCUT2D eigenvalue weighted by Gasteiger charge is -2.37. The molecular weight excluding hydrogens is 292 g/mol. The summed E-state index contributed by atoms with van der Waals surface area (Å²) in [5.74, 6) is -0.0547. The maximum atomic E-state index is 13.0. The van der Waals surface area contributed by atoms with Crippen molar-refractivity contribution in [1.82, 2.24) is 9.78 Å². The lowest BCUT2D eigenvalue weighted by atomic mass is 9.97. The number of rotatable bonds is 3. The summed E-state index contributed by atoms with van der Waals surface area (Å²) in [5, 5.41) is 6.97. The largest absolute Gasteiger partial charge is 0.322 e. The highest BCUT2D eigenvalue weighted by Gasteiger charge is 2.37. The lowest BCUT2D eigenvalue weighted by Crippen LogP contribution is -2.51. The fourth-order valence-corrected chi connectivity index (χ4v) is 2.87. The van der Waals surface area contributed by atoms with Crippen molar-refractivity contribution in [3.63, 3.8) is 0 Å². The van der Waals surface area contributed by atoms with Gasteiger partial charge in [0.1, 0.15) is 6.04 Å². The second kappa shape index (κ2) is 5.87. The summed E-state index contributed by atoms with van der Waals surface area (Å²) in [5.41, 5.74) is 1.87. The Labute approximate surface area is 135 Å². The van der Waals surface area contributed by atoms with Crippen LogP contribution in [0.15, 0.2) is 36.7 Å². The van der Waals surface area contributed by atoms with Crippen LogP contribution in [0.4, 0.5) is 11.4 Å². The monoisotopic (exact) mass is 312 g/mol. The van der Waals surface area contributed by atoms with Crippen molar-refractivity contribution >= 4 is 23.2 Å². The maximum Gasteiger partial charge on any atom is 0.262 e. The average molecular weight is 312 g/mol. The van der Waals surface area contributed by atoms with Crippen molar-refractivity contribution in [3.05, 3.63) is 42.2 Å². The highest BCUT2D eigenvalue weighted by atomic mass is 16.2. The molecule has 1 N–H and O–H groups in total. The zero-order chi connectivity index (χ0) is 16.6. The van der Waals surface area contributed by atoms with E-state index in [0.29, 0.717) is 23.6 Å². The first-order valence-corrected chi connectivity index (χ1v) is 7.69. The summed E-state index contributed by atoms with van der Waals surface area (Å²) in [6, 6.07) is 6.86. The number of hydrogen-bond acceptors (Lipinski definition) is 3. The van der Waals surface area contributed by atoms with Gasteiger partial charge >= 0.3 is 0 Å². The quantitative estimate of drug-likeness (QED) is 0.946. The number of aryl methyl sites for hydroxylation is 1. The van der Waals surface area contributed by atoms with Crippen LogP contribution in [-0.2, 0) is 11.8 Å². The van der Waals surface area contributed by atoms with E-state index >= 15 is 0 Å². The van der Waals surface area contributed by atoms with Gasteiger partial charge in [0.25, 0.3) is 5.91 Å². The van der Waals surface area contributed by atoms with Gasteiger partial charge in [-0.1, -0.05) is 26.0 Å². The van der Waals surface area contributed by atoms with E-state index in [-0.39, 0.29) is 11.8 Å². The molecule has 0 bridgehead atoms. The van der Waals surface area contributed by atoms with Gasteiger partial charge in [-0.2, -0.15) is 5.10 Å². The smallest absolute Gasteiger partial charge is 0.262 e. The Morgan fingerprint density at radius 3 is 2.74 bits per heavy atom. The molecule has 1 aromatic carbocycles. The number of carbonyl (C=O) groups excluding carboxylic acids is 2. The molecule has 3 rings (SSSR count). The third-order valence-corrected chi connectivity index (χ3v) is 3.90. The molecule has 2 heterocycles. The fraction of sp³-hybridized carbons (Fsp3) is 0.353. The minimum Gasteiger partial charge on any atom is -0.322 e. The van der Waals surface area contributed by atoms with E-state index in [1.165, 1.54) is 6.20 Å². The normalized spacial score (nSPS) is 17.1. The molecule has 0 spiro atoms. The third-order valence-electron chi connectivity index (χ3n) is 3.90. The SMILES string of the molecule is CC(C)CC1C(=O)Nc2ccccc2N1C(=O)c1cnn(C)c1. The molecule has 2 aromatic rings. The number of anilines is 2. The van der Waals surface area contributed by atoms with Crippen LogP contribution in [0, 0.1) is 5.92 Å². The van der Waals surface area contributed by atoms with Crippen LogP contribution in [-0.4, -0.2) is 27.6 Å². The van der Waals surface area contributed by atoms with Crippen molar-refractivity contribution in [3.8, 4) is 0 Å². The number of amides is 2. The molecule has 1 unspecified atom stereocenters. The standard InChI is InChI=1S/C17H20N4O2/c1-11(2)8-15-16(22)19-13-6-4-5-7-14(13)21(15)17(23)12-9-18-20(3)10-12/h4-7,9-11,15H,8H2,1-3H3,(H,19,22). The maximum absolute atomic E-state index is 13.0. The Morgan fingerprint density at radius 2 is 2.09 bits per heavy atom. The number of benzene rings is 1. The molecule has 0 saturated heterocycles. The van der Waals surface area contributed by atoms with Gasteiger partial charge in [0.15, 0.2) is 0 Å². The van der Waals surface area contributed by atoms with Crippen LogP contribution in [0.3, 0.4) is 0 Å². The van der Waals surface area contributed by atoms with E-state index in [1.807, 2.05) is 38.1 Å². The van der Waals surface area contributed by atoms with Crippen LogP contribution < -0.4 is 10.2 Å². The van der Waals surface area contributed by atoms with Crippen molar-refractivity contribution < 1.29 is 9.59 Å². The van der Waals surface area contributed by atoms with Crippen molar-refractivity contribution in [2.45, 2.75) is 26.3 Å². The summed E-state index contributed by atoms with van der Waals surface area (Å²) < 4.78 is 1.58. The molecule has 0 fully saturated rings. The van der Waals surface area contributed by atoms with Gasteiger partial charge in [-0.15, -0.1) is 0 Å². The predicted octanol–water partition coefficient (Wildman–Crippen LogP) is 2.43. The summed E-state index contributed by atoms with van der Waals surface area (Å²) in [6.07, 6.45) is 3.81. The van der Waals surface area contributed by atoms with Gasteiger partial charge in [0, 0.05) is 13.2 Å². The van der Waals surface area contributed by atoms with Gasteiger partial charge in [0.05, 0.1) is 23.1 Å². The van der Waals surface area contributed by atoms with E-state index in [1.54, 1.807) is 22.8 Å². The molecule has 1 aliphatic rings. The van der Waals surface area contributed by atoms with Gasteiger partial charge < -0.3 is 5.32 Å². The van der Waals surface area contributed by atoms with Crippen LogP contribution in [0.25, 0.3) is 0 Å². The average Bonchev–Trinajstić information content (AvgIpc) is 2.93. The Morgan fingerprint density at radius 1 is 1.35 bits per heavy atom. The lowest BCUT2D eigenvalue weighted by molar-refractivity contribution is -0.117. The summed E-state index contributed by atoms with van der Waals surface area (Å²) in [6.45, 7) is 4.08. The molecular formula is C17H20N4O2. The zero-order valence-corrected chi connectivity index (χ0v) is 13.5. The second-order valence-corrected chi connectivity index (χ2v) is 6.23. The van der Waals surface area contributed by atoms with Gasteiger partial charge in [0.2, 0.25) is 5.91 Å². The molecule has 0 aliphatic carbocycles. The first kappa shape index (κ1) is 15.3. The van der Waals surface area contributed by atoms with Crippen LogP contribution in [0.1, 0.15) is 30.6 Å².